The van der Waals surface area contributed by atoms with Crippen molar-refractivity contribution in [2.75, 3.05) is 0 Å². The van der Waals surface area contributed by atoms with E-state index in [4.69, 9.17) is 0 Å². The molecule has 66 valence electrons. The van der Waals surface area contributed by atoms with E-state index in [1.54, 1.807) is 0 Å². The van der Waals surface area contributed by atoms with Crippen LogP contribution in [-0.2, 0) is 4.79 Å². The molecule has 2 atom stereocenters. The molecule has 2 nitrogen and oxygen atoms in total. The monoisotopic (exact) mass is 158 g/mol. The smallest absolute Gasteiger partial charge is 0.164 e. The Bertz CT molecular complexity index is 130. The van der Waals surface area contributed by atoms with Crippen molar-refractivity contribution in [3.05, 3.63) is 0 Å². The van der Waals surface area contributed by atoms with Gasteiger partial charge in [-0.3, -0.25) is 4.79 Å². The summed E-state index contributed by atoms with van der Waals surface area (Å²) in [5.74, 6) is -0.0109. The number of hydrogen-bond acceptors (Lipinski definition) is 2. The van der Waals surface area contributed by atoms with Crippen LogP contribution in [0.1, 0.15) is 34.1 Å². The molecule has 0 saturated carbocycles. The molecule has 0 saturated heterocycles. The molecular formula is C9H18O2. The lowest BCUT2D eigenvalue weighted by molar-refractivity contribution is -0.132. The normalized spacial score (nSPS) is 16.5. The van der Waals surface area contributed by atoms with Crippen LogP contribution in [0.4, 0.5) is 0 Å². The molecule has 0 aliphatic carbocycles. The Kier molecular flexibility index (Phi) is 4.34. The zero-order chi connectivity index (χ0) is 9.02. The second kappa shape index (κ2) is 4.50. The van der Waals surface area contributed by atoms with Gasteiger partial charge in [-0.1, -0.05) is 34.1 Å². The first kappa shape index (κ1) is 10.6. The van der Waals surface area contributed by atoms with Crippen molar-refractivity contribution in [2.45, 2.75) is 40.2 Å². The predicted molar refractivity (Wildman–Crippen MR) is 45.3 cm³/mol. The van der Waals surface area contributed by atoms with E-state index in [-0.39, 0.29) is 17.6 Å². The number of aliphatic hydroxyl groups excluding tert-OH is 1. The third kappa shape index (κ3) is 3.02. The Morgan fingerprint density at radius 2 is 1.82 bits per heavy atom. The largest absolute Gasteiger partial charge is 0.385 e. The number of Topliss-reactive ketones (excluding diaryl/α,β-unsaturated/α-hetero) is 1. The minimum Gasteiger partial charge on any atom is -0.385 e. The summed E-state index contributed by atoms with van der Waals surface area (Å²) in [5.41, 5.74) is 0. The van der Waals surface area contributed by atoms with Crippen molar-refractivity contribution in [1.82, 2.24) is 0 Å². The highest BCUT2D eigenvalue weighted by Gasteiger charge is 2.22. The van der Waals surface area contributed by atoms with Crippen LogP contribution in [0.2, 0.25) is 0 Å². The van der Waals surface area contributed by atoms with Crippen molar-refractivity contribution in [3.8, 4) is 0 Å². The molecule has 0 radical (unpaired) electrons. The van der Waals surface area contributed by atoms with Crippen molar-refractivity contribution < 1.29 is 9.90 Å². The van der Waals surface area contributed by atoms with E-state index in [1.165, 1.54) is 0 Å². The first-order chi connectivity index (χ1) is 5.00. The summed E-state index contributed by atoms with van der Waals surface area (Å²) in [6, 6.07) is 0. The van der Waals surface area contributed by atoms with E-state index in [2.05, 4.69) is 0 Å². The van der Waals surface area contributed by atoms with E-state index in [1.807, 2.05) is 27.7 Å². The van der Waals surface area contributed by atoms with Crippen molar-refractivity contribution in [2.24, 2.45) is 11.8 Å². The number of carbonyl (C=O) groups excluding carboxylic acids is 1. The number of rotatable bonds is 4. The highest BCUT2D eigenvalue weighted by atomic mass is 16.3. The summed E-state index contributed by atoms with van der Waals surface area (Å²) in [6.07, 6.45) is 0.0830. The minimum atomic E-state index is -0.764. The highest BCUT2D eigenvalue weighted by molar-refractivity contribution is 5.84. The molecule has 0 aliphatic heterocycles. The highest BCUT2D eigenvalue weighted by Crippen LogP contribution is 2.11. The Balaban J connectivity index is 4.02. The van der Waals surface area contributed by atoms with Gasteiger partial charge in [-0.25, -0.2) is 0 Å². The van der Waals surface area contributed by atoms with E-state index < -0.39 is 6.10 Å². The van der Waals surface area contributed by atoms with Crippen LogP contribution < -0.4 is 0 Å². The molecule has 11 heavy (non-hydrogen) atoms. The zero-order valence-electron chi connectivity index (χ0n) is 7.79. The molecule has 1 N–H and O–H groups in total. The molecule has 0 bridgehead atoms. The quantitative estimate of drug-likeness (QED) is 0.675. The van der Waals surface area contributed by atoms with Crippen LogP contribution in [0.3, 0.4) is 0 Å². The van der Waals surface area contributed by atoms with Gasteiger partial charge in [-0.15, -0.1) is 0 Å². The van der Waals surface area contributed by atoms with Gasteiger partial charge in [0.15, 0.2) is 5.78 Å². The molecule has 0 heterocycles. The average Bonchev–Trinajstić information content (AvgIpc) is 2.00. The number of hydrogen-bond donors (Lipinski definition) is 1. The summed E-state index contributed by atoms with van der Waals surface area (Å²) in [5, 5.41) is 9.41. The van der Waals surface area contributed by atoms with Crippen LogP contribution >= 0.6 is 0 Å². The van der Waals surface area contributed by atoms with Crippen LogP contribution in [0.15, 0.2) is 0 Å². The maximum Gasteiger partial charge on any atom is 0.164 e. The van der Waals surface area contributed by atoms with Gasteiger partial charge in [0.05, 0.1) is 0 Å². The topological polar surface area (TPSA) is 37.3 Å². The Morgan fingerprint density at radius 1 is 1.36 bits per heavy atom. The van der Waals surface area contributed by atoms with Crippen LogP contribution in [0, 0.1) is 11.8 Å². The molecule has 0 spiro atoms. The molecule has 0 aromatic carbocycles. The second-order valence-corrected chi connectivity index (χ2v) is 3.39. The molecule has 0 aromatic rings. The molecule has 0 fully saturated rings. The van der Waals surface area contributed by atoms with Crippen LogP contribution in [0.25, 0.3) is 0 Å². The van der Waals surface area contributed by atoms with Gasteiger partial charge < -0.3 is 5.11 Å². The fourth-order valence-corrected chi connectivity index (χ4v) is 0.845. The maximum atomic E-state index is 11.2. The summed E-state index contributed by atoms with van der Waals surface area (Å²) in [7, 11) is 0. The fourth-order valence-electron chi connectivity index (χ4n) is 0.845. The number of carbonyl (C=O) groups is 1. The second-order valence-electron chi connectivity index (χ2n) is 3.39. The van der Waals surface area contributed by atoms with Crippen LogP contribution in [-0.4, -0.2) is 17.0 Å². The van der Waals surface area contributed by atoms with Crippen molar-refractivity contribution in [1.29, 1.82) is 0 Å². The maximum absolute atomic E-state index is 11.2. The molecule has 0 aromatic heterocycles. The fraction of sp³-hybridized carbons (Fsp3) is 0.889. The Morgan fingerprint density at radius 3 is 2.09 bits per heavy atom. The summed E-state index contributed by atoms with van der Waals surface area (Å²) < 4.78 is 0. The van der Waals surface area contributed by atoms with Gasteiger partial charge in [0.25, 0.3) is 0 Å². The van der Waals surface area contributed by atoms with E-state index in [0.29, 0.717) is 0 Å². The summed E-state index contributed by atoms with van der Waals surface area (Å²) in [4.78, 5) is 11.2. The van der Waals surface area contributed by atoms with Crippen molar-refractivity contribution >= 4 is 5.78 Å². The van der Waals surface area contributed by atoms with E-state index in [0.717, 1.165) is 6.42 Å². The SMILES string of the molecule is CCC(C)C(O)C(=O)C(C)C. The number of aliphatic hydroxyl groups is 1. The molecule has 0 aliphatic rings. The third-order valence-corrected chi connectivity index (χ3v) is 2.04. The van der Waals surface area contributed by atoms with E-state index >= 15 is 0 Å². The number of ketones is 1. The van der Waals surface area contributed by atoms with Crippen LogP contribution in [0.5, 0.6) is 0 Å². The molecule has 2 heteroatoms. The third-order valence-electron chi connectivity index (χ3n) is 2.04. The molecule has 0 rings (SSSR count). The Labute approximate surface area is 68.6 Å². The van der Waals surface area contributed by atoms with Gasteiger partial charge in [0.1, 0.15) is 6.10 Å². The summed E-state index contributed by atoms with van der Waals surface area (Å²) >= 11 is 0. The zero-order valence-corrected chi connectivity index (χ0v) is 7.79. The average molecular weight is 158 g/mol. The lowest BCUT2D eigenvalue weighted by Gasteiger charge is -2.17. The van der Waals surface area contributed by atoms with E-state index in [9.17, 15) is 9.90 Å². The lowest BCUT2D eigenvalue weighted by atomic mass is 9.93. The first-order valence-electron chi connectivity index (χ1n) is 4.22. The van der Waals surface area contributed by atoms with Crippen molar-refractivity contribution in [3.63, 3.8) is 0 Å². The minimum absolute atomic E-state index is 0.0423. The summed E-state index contributed by atoms with van der Waals surface area (Å²) in [6.45, 7) is 7.49. The van der Waals surface area contributed by atoms with Gasteiger partial charge in [-0.05, 0) is 5.92 Å². The van der Waals surface area contributed by atoms with Gasteiger partial charge in [0, 0.05) is 5.92 Å². The molecular weight excluding hydrogens is 140 g/mol. The van der Waals surface area contributed by atoms with Gasteiger partial charge >= 0.3 is 0 Å². The standard InChI is InChI=1S/C9H18O2/c1-5-7(4)9(11)8(10)6(2)3/h6-7,9,11H,5H2,1-4H3. The Hall–Kier alpha value is -0.370. The van der Waals surface area contributed by atoms with Gasteiger partial charge in [-0.2, -0.15) is 0 Å². The molecule has 2 unspecified atom stereocenters. The predicted octanol–water partition coefficient (Wildman–Crippen LogP) is 1.62. The molecule has 0 amide bonds. The first-order valence-corrected chi connectivity index (χ1v) is 4.22. The lowest BCUT2D eigenvalue weighted by Crippen LogP contribution is -2.30. The van der Waals surface area contributed by atoms with Gasteiger partial charge in [0.2, 0.25) is 0 Å².